The maximum absolute atomic E-state index is 12.3. The third-order valence-corrected chi connectivity index (χ3v) is 6.18. The van der Waals surface area contributed by atoms with Gasteiger partial charge in [0.15, 0.2) is 11.9 Å². The van der Waals surface area contributed by atoms with Crippen LogP contribution < -0.4 is 20.7 Å². The van der Waals surface area contributed by atoms with E-state index in [1.807, 2.05) is 49.4 Å². The molecule has 1 saturated heterocycles. The Labute approximate surface area is 188 Å². The van der Waals surface area contributed by atoms with Crippen molar-refractivity contribution in [3.05, 3.63) is 48.2 Å². The van der Waals surface area contributed by atoms with Crippen molar-refractivity contribution in [2.24, 2.45) is 0 Å². The zero-order valence-electron chi connectivity index (χ0n) is 17.6. The van der Waals surface area contributed by atoms with Gasteiger partial charge in [0.2, 0.25) is 11.9 Å². The number of para-hydroxylation sites is 2. The highest BCUT2D eigenvalue weighted by Crippen LogP contribution is 2.25. The molecule has 0 radical (unpaired) electrons. The van der Waals surface area contributed by atoms with Crippen molar-refractivity contribution < 1.29 is 13.9 Å². The normalized spacial score (nSPS) is 18.6. The monoisotopic (exact) mass is 450 g/mol. The highest BCUT2D eigenvalue weighted by molar-refractivity contribution is 7.99. The maximum atomic E-state index is 12.3. The van der Waals surface area contributed by atoms with E-state index in [9.17, 15) is 4.79 Å². The molecule has 0 aliphatic carbocycles. The lowest BCUT2D eigenvalue weighted by Crippen LogP contribution is -2.60. The lowest BCUT2D eigenvalue weighted by molar-refractivity contribution is -0.123. The molecule has 32 heavy (non-hydrogen) atoms. The van der Waals surface area contributed by atoms with Crippen LogP contribution in [0.2, 0.25) is 0 Å². The van der Waals surface area contributed by atoms with Crippen LogP contribution in [0.5, 0.6) is 5.75 Å². The summed E-state index contributed by atoms with van der Waals surface area (Å²) in [6, 6.07) is 13.2. The number of nitrogens with zero attached hydrogens (tertiary/aromatic N) is 3. The first-order valence-corrected chi connectivity index (χ1v) is 11.2. The summed E-state index contributed by atoms with van der Waals surface area (Å²) in [6.07, 6.45) is -0.122. The molecule has 0 spiro atoms. The summed E-state index contributed by atoms with van der Waals surface area (Å²) >= 11 is 1.48. The summed E-state index contributed by atoms with van der Waals surface area (Å²) in [6.45, 7) is 1.92. The minimum atomic E-state index is -0.486. The molecule has 1 fully saturated rings. The molecule has 2 aromatic heterocycles. The molecule has 2 unspecified atom stereocenters. The predicted octanol–water partition coefficient (Wildman–Crippen LogP) is 3.05. The van der Waals surface area contributed by atoms with Crippen LogP contribution in [0.15, 0.2) is 52.1 Å². The Bertz CT molecular complexity index is 1260. The van der Waals surface area contributed by atoms with Crippen LogP contribution >= 0.6 is 11.8 Å². The maximum Gasteiger partial charge on any atom is 0.256 e. The summed E-state index contributed by atoms with van der Waals surface area (Å²) < 4.78 is 11.0. The number of nitrogens with one attached hydrogen (secondary N) is 3. The van der Waals surface area contributed by atoms with Crippen LogP contribution in [0.4, 0.5) is 5.95 Å². The fourth-order valence-electron chi connectivity index (χ4n) is 3.63. The standard InChI is InChI=1S/C22H22N6O3S/c1-12-15-10-14(30-2)7-8-16(15)25-20(23-12)28-21-24-13(9-19(29)27-21)11-32-22-26-17-5-3-4-6-18(17)31-22/h3-8,10,13,21,24H,9,11H2,1-2H3,(H,27,29)(H,23,25,28). The van der Waals surface area contributed by atoms with Crippen molar-refractivity contribution in [2.75, 3.05) is 18.2 Å². The fraction of sp³-hybridized carbons (Fsp3) is 0.273. The number of methoxy groups -OCH3 is 1. The van der Waals surface area contributed by atoms with E-state index >= 15 is 0 Å². The molecular weight excluding hydrogens is 428 g/mol. The van der Waals surface area contributed by atoms with Crippen molar-refractivity contribution in [2.45, 2.75) is 30.9 Å². The van der Waals surface area contributed by atoms with Crippen LogP contribution in [-0.4, -0.2) is 46.1 Å². The number of anilines is 1. The first-order chi connectivity index (χ1) is 15.6. The van der Waals surface area contributed by atoms with Crippen LogP contribution in [0.25, 0.3) is 22.0 Å². The topological polar surface area (TPSA) is 114 Å². The van der Waals surface area contributed by atoms with Gasteiger partial charge >= 0.3 is 0 Å². The van der Waals surface area contributed by atoms with Gasteiger partial charge < -0.3 is 19.8 Å². The smallest absolute Gasteiger partial charge is 0.256 e. The van der Waals surface area contributed by atoms with Crippen LogP contribution in [0.1, 0.15) is 12.1 Å². The molecule has 2 aromatic carbocycles. The molecule has 164 valence electrons. The summed E-state index contributed by atoms with van der Waals surface area (Å²) in [5.41, 5.74) is 3.20. The Kier molecular flexibility index (Phi) is 5.54. The number of rotatable bonds is 6. The lowest BCUT2D eigenvalue weighted by Gasteiger charge is -2.31. The molecule has 1 amide bonds. The molecule has 0 bridgehead atoms. The van der Waals surface area contributed by atoms with Crippen molar-refractivity contribution in [1.82, 2.24) is 25.6 Å². The molecule has 1 aliphatic heterocycles. The van der Waals surface area contributed by atoms with Gasteiger partial charge in [0.05, 0.1) is 18.3 Å². The Morgan fingerprint density at radius 1 is 1.19 bits per heavy atom. The summed E-state index contributed by atoms with van der Waals surface area (Å²) in [7, 11) is 1.63. The Hall–Kier alpha value is -3.37. The number of carbonyl (C=O) groups is 1. The minimum absolute atomic E-state index is 0.0494. The van der Waals surface area contributed by atoms with Gasteiger partial charge in [-0.05, 0) is 37.3 Å². The van der Waals surface area contributed by atoms with E-state index in [0.717, 1.165) is 33.4 Å². The lowest BCUT2D eigenvalue weighted by atomic mass is 10.2. The minimum Gasteiger partial charge on any atom is -0.497 e. The molecule has 3 heterocycles. The van der Waals surface area contributed by atoms with Crippen LogP contribution in [0.3, 0.4) is 0 Å². The Morgan fingerprint density at radius 3 is 2.91 bits per heavy atom. The molecule has 10 heteroatoms. The van der Waals surface area contributed by atoms with Gasteiger partial charge in [-0.15, -0.1) is 0 Å². The second-order valence-corrected chi connectivity index (χ2v) is 8.46. The van der Waals surface area contributed by atoms with Crippen molar-refractivity contribution in [3.63, 3.8) is 0 Å². The molecule has 9 nitrogen and oxygen atoms in total. The van der Waals surface area contributed by atoms with E-state index in [-0.39, 0.29) is 11.9 Å². The van der Waals surface area contributed by atoms with Crippen LogP contribution in [-0.2, 0) is 4.79 Å². The fourth-order valence-corrected chi connectivity index (χ4v) is 4.50. The Morgan fingerprint density at radius 2 is 2.06 bits per heavy atom. The summed E-state index contributed by atoms with van der Waals surface area (Å²) in [4.78, 5) is 25.9. The first-order valence-electron chi connectivity index (χ1n) is 10.2. The highest BCUT2D eigenvalue weighted by Gasteiger charge is 2.27. The number of carbonyl (C=O) groups excluding carboxylic acids is 1. The zero-order valence-corrected chi connectivity index (χ0v) is 18.4. The quantitative estimate of drug-likeness (QED) is 0.381. The third kappa shape index (κ3) is 4.32. The summed E-state index contributed by atoms with van der Waals surface area (Å²) in [5, 5.41) is 11.0. The number of hydrogen-bond donors (Lipinski definition) is 3. The van der Waals surface area contributed by atoms with Crippen molar-refractivity contribution in [3.8, 4) is 5.75 Å². The number of aromatic nitrogens is 3. The molecule has 5 rings (SSSR count). The third-order valence-electron chi connectivity index (χ3n) is 5.19. The van der Waals surface area contributed by atoms with E-state index in [2.05, 4.69) is 30.9 Å². The number of ether oxygens (including phenoxy) is 1. The van der Waals surface area contributed by atoms with E-state index in [1.165, 1.54) is 11.8 Å². The van der Waals surface area contributed by atoms with Gasteiger partial charge in [-0.2, -0.15) is 0 Å². The zero-order chi connectivity index (χ0) is 22.1. The number of benzene rings is 2. The molecular formula is C22H22N6O3S. The average Bonchev–Trinajstić information content (AvgIpc) is 3.20. The molecule has 4 aromatic rings. The van der Waals surface area contributed by atoms with Crippen molar-refractivity contribution >= 4 is 45.6 Å². The number of aryl methyl sites for hydroxylation is 1. The second-order valence-electron chi connectivity index (χ2n) is 7.49. The molecule has 1 aliphatic rings. The van der Waals surface area contributed by atoms with Gasteiger partial charge in [-0.1, -0.05) is 23.9 Å². The van der Waals surface area contributed by atoms with Gasteiger partial charge in [-0.3, -0.25) is 10.1 Å². The Balaban J connectivity index is 1.26. The van der Waals surface area contributed by atoms with E-state index < -0.39 is 6.29 Å². The summed E-state index contributed by atoms with van der Waals surface area (Å²) in [5.74, 6) is 1.78. The number of thioether (sulfide) groups is 1. The SMILES string of the molecule is COc1ccc2nc(NC3NC(=O)CC(CSc4nc5ccccc5o4)N3)nc(C)c2c1. The number of oxazole rings is 1. The van der Waals surface area contributed by atoms with E-state index in [4.69, 9.17) is 9.15 Å². The van der Waals surface area contributed by atoms with Crippen molar-refractivity contribution in [1.29, 1.82) is 0 Å². The number of hydrogen-bond acceptors (Lipinski definition) is 9. The van der Waals surface area contributed by atoms with E-state index in [0.29, 0.717) is 23.3 Å². The second kappa shape index (κ2) is 8.64. The molecule has 2 atom stereocenters. The average molecular weight is 451 g/mol. The molecule has 3 N–H and O–H groups in total. The van der Waals surface area contributed by atoms with Gasteiger partial charge in [0, 0.05) is 23.6 Å². The van der Waals surface area contributed by atoms with Crippen LogP contribution in [0, 0.1) is 6.92 Å². The number of amides is 1. The van der Waals surface area contributed by atoms with E-state index in [1.54, 1.807) is 7.11 Å². The van der Waals surface area contributed by atoms with Gasteiger partial charge in [0.1, 0.15) is 11.3 Å². The largest absolute Gasteiger partial charge is 0.497 e. The van der Waals surface area contributed by atoms with Gasteiger partial charge in [-0.25, -0.2) is 15.0 Å². The first kappa shape index (κ1) is 20.5. The highest BCUT2D eigenvalue weighted by atomic mass is 32.2. The number of fused-ring (bicyclic) bond motifs is 2. The van der Waals surface area contributed by atoms with Gasteiger partial charge in [0.25, 0.3) is 5.22 Å². The predicted molar refractivity (Wildman–Crippen MR) is 123 cm³/mol. The molecule has 0 saturated carbocycles.